The summed E-state index contributed by atoms with van der Waals surface area (Å²) in [6.07, 6.45) is -7.37. The van der Waals surface area contributed by atoms with Crippen molar-refractivity contribution in [2.45, 2.75) is 69.8 Å². The van der Waals surface area contributed by atoms with Crippen LogP contribution in [0.25, 0.3) is 10.8 Å². The van der Waals surface area contributed by atoms with E-state index in [1.54, 1.807) is 18.2 Å². The number of aryl methyl sites for hydroxylation is 1. The summed E-state index contributed by atoms with van der Waals surface area (Å²) in [5.74, 6) is -2.85. The highest BCUT2D eigenvalue weighted by Crippen LogP contribution is 2.44. The lowest BCUT2D eigenvalue weighted by Gasteiger charge is -2.31. The molecule has 0 aromatic heterocycles. The highest BCUT2D eigenvalue weighted by molar-refractivity contribution is 5.89. The van der Waals surface area contributed by atoms with Crippen LogP contribution >= 0.6 is 0 Å². The van der Waals surface area contributed by atoms with Gasteiger partial charge in [-0.1, -0.05) is 24.3 Å². The molecule has 0 radical (unpaired) electrons. The van der Waals surface area contributed by atoms with E-state index in [2.05, 4.69) is 4.90 Å². The molecule has 0 amide bonds. The SMILES string of the molecule is O=C(O)C1CCN(CCCc2ccc3ccc(O[C@H]4CC[C@@H](C(F)(F)F)CC4)c(C(F)(F)F)c3c2)CC1. The highest BCUT2D eigenvalue weighted by atomic mass is 19.4. The van der Waals surface area contributed by atoms with Gasteiger partial charge >= 0.3 is 18.3 Å². The maximum Gasteiger partial charge on any atom is 0.420 e. The average molecular weight is 532 g/mol. The summed E-state index contributed by atoms with van der Waals surface area (Å²) >= 11 is 0. The third-order valence-corrected chi connectivity index (χ3v) is 7.64. The molecule has 1 aliphatic carbocycles. The largest absolute Gasteiger partial charge is 0.490 e. The molecule has 1 aliphatic heterocycles. The normalized spacial score (nSPS) is 22.3. The van der Waals surface area contributed by atoms with Crippen LogP contribution < -0.4 is 4.74 Å². The molecule has 0 bridgehead atoms. The van der Waals surface area contributed by atoms with Gasteiger partial charge in [-0.2, -0.15) is 26.3 Å². The zero-order chi connectivity index (χ0) is 26.8. The van der Waals surface area contributed by atoms with Crippen LogP contribution in [0.1, 0.15) is 56.1 Å². The van der Waals surface area contributed by atoms with Gasteiger partial charge in [0.05, 0.1) is 17.9 Å². The van der Waals surface area contributed by atoms with Crippen LogP contribution in [0.15, 0.2) is 30.3 Å². The lowest BCUT2D eigenvalue weighted by Crippen LogP contribution is -2.36. The van der Waals surface area contributed by atoms with E-state index >= 15 is 0 Å². The number of alkyl halides is 6. The molecule has 4 rings (SSSR count). The summed E-state index contributed by atoms with van der Waals surface area (Å²) in [6.45, 7) is 2.12. The second-order valence-electron chi connectivity index (χ2n) is 10.2. The number of nitrogens with zero attached hydrogens (tertiary/aromatic N) is 1. The summed E-state index contributed by atoms with van der Waals surface area (Å²) in [5, 5.41) is 9.56. The van der Waals surface area contributed by atoms with E-state index < -0.39 is 35.9 Å². The van der Waals surface area contributed by atoms with E-state index in [0.717, 1.165) is 18.5 Å². The number of piperidine rings is 1. The molecular formula is C27H31F6NO3. The van der Waals surface area contributed by atoms with Gasteiger partial charge in [0.1, 0.15) is 11.3 Å². The van der Waals surface area contributed by atoms with Crippen molar-refractivity contribution in [2.24, 2.45) is 11.8 Å². The quantitative estimate of drug-likeness (QED) is 0.388. The predicted molar refractivity (Wildman–Crippen MR) is 126 cm³/mol. The Morgan fingerprint density at radius 3 is 2.19 bits per heavy atom. The number of aliphatic carboxylic acids is 1. The van der Waals surface area contributed by atoms with Crippen LogP contribution in [-0.4, -0.2) is 47.9 Å². The van der Waals surface area contributed by atoms with E-state index in [9.17, 15) is 31.1 Å². The smallest absolute Gasteiger partial charge is 0.420 e. The second-order valence-corrected chi connectivity index (χ2v) is 10.2. The standard InChI is InChI=1S/C27H31F6NO3/c28-26(29,30)20-6-8-21(9-7-20)37-23-10-5-18-4-3-17(16-22(18)24(23)27(31,32)33)2-1-13-34-14-11-19(12-15-34)25(35)36/h3-5,10,16,19-21H,1-2,6-9,11-15H2,(H,35,36)/t20-,21+. The predicted octanol–water partition coefficient (Wildman–Crippen LogP) is 7.09. The fourth-order valence-electron chi connectivity index (χ4n) is 5.49. The summed E-state index contributed by atoms with van der Waals surface area (Å²) in [6, 6.07) is 7.80. The maximum atomic E-state index is 14.2. The Morgan fingerprint density at radius 2 is 1.59 bits per heavy atom. The molecule has 10 heteroatoms. The molecule has 0 unspecified atom stereocenters. The summed E-state index contributed by atoms with van der Waals surface area (Å²) in [4.78, 5) is 13.3. The van der Waals surface area contributed by atoms with E-state index in [0.29, 0.717) is 37.7 Å². The number of hydrogen-bond donors (Lipinski definition) is 1. The molecule has 1 heterocycles. The van der Waals surface area contributed by atoms with E-state index in [1.807, 2.05) is 0 Å². The Balaban J connectivity index is 1.45. The first-order chi connectivity index (χ1) is 17.4. The summed E-state index contributed by atoms with van der Waals surface area (Å²) in [7, 11) is 0. The maximum absolute atomic E-state index is 14.2. The first-order valence-electron chi connectivity index (χ1n) is 12.7. The number of rotatable bonds is 7. The molecule has 2 aromatic rings. The van der Waals surface area contributed by atoms with Crippen molar-refractivity contribution in [3.8, 4) is 5.75 Å². The van der Waals surface area contributed by atoms with Crippen LogP contribution in [0.4, 0.5) is 26.3 Å². The van der Waals surface area contributed by atoms with Crippen molar-refractivity contribution in [1.29, 1.82) is 0 Å². The molecule has 204 valence electrons. The zero-order valence-electron chi connectivity index (χ0n) is 20.4. The zero-order valence-corrected chi connectivity index (χ0v) is 20.4. The van der Waals surface area contributed by atoms with Crippen molar-refractivity contribution in [1.82, 2.24) is 4.90 Å². The molecule has 0 spiro atoms. The lowest BCUT2D eigenvalue weighted by atomic mass is 9.87. The first kappa shape index (κ1) is 27.5. The molecular weight excluding hydrogens is 500 g/mol. The molecule has 2 aromatic carbocycles. The molecule has 37 heavy (non-hydrogen) atoms. The number of carboxylic acids is 1. The van der Waals surface area contributed by atoms with Crippen LogP contribution in [0.5, 0.6) is 5.75 Å². The molecule has 2 aliphatic rings. The Kier molecular flexibility index (Phi) is 8.26. The van der Waals surface area contributed by atoms with Gasteiger partial charge in [0.15, 0.2) is 0 Å². The van der Waals surface area contributed by atoms with Gasteiger partial charge in [-0.15, -0.1) is 0 Å². The Morgan fingerprint density at radius 1 is 0.946 bits per heavy atom. The van der Waals surface area contributed by atoms with Gasteiger partial charge in [0.25, 0.3) is 0 Å². The van der Waals surface area contributed by atoms with Gasteiger partial charge < -0.3 is 14.7 Å². The van der Waals surface area contributed by atoms with Gasteiger partial charge in [0.2, 0.25) is 0 Å². The van der Waals surface area contributed by atoms with Crippen molar-refractivity contribution in [3.63, 3.8) is 0 Å². The van der Waals surface area contributed by atoms with Crippen molar-refractivity contribution in [2.75, 3.05) is 19.6 Å². The minimum absolute atomic E-state index is 0.0220. The van der Waals surface area contributed by atoms with Gasteiger partial charge in [-0.25, -0.2) is 0 Å². The second kappa shape index (κ2) is 11.1. The topological polar surface area (TPSA) is 49.8 Å². The number of likely N-dealkylation sites (tertiary alicyclic amines) is 1. The molecule has 4 nitrogen and oxygen atoms in total. The lowest BCUT2D eigenvalue weighted by molar-refractivity contribution is -0.185. The minimum Gasteiger partial charge on any atom is -0.490 e. The Labute approximate surface area is 211 Å². The first-order valence-corrected chi connectivity index (χ1v) is 12.7. The molecule has 1 saturated heterocycles. The third kappa shape index (κ3) is 6.89. The summed E-state index contributed by atoms with van der Waals surface area (Å²) < 4.78 is 87.1. The van der Waals surface area contributed by atoms with Crippen molar-refractivity contribution in [3.05, 3.63) is 41.5 Å². The number of ether oxygens (including phenoxy) is 1. The van der Waals surface area contributed by atoms with Crippen LogP contribution in [0.2, 0.25) is 0 Å². The minimum atomic E-state index is -4.69. The fraction of sp³-hybridized carbons (Fsp3) is 0.593. The summed E-state index contributed by atoms with van der Waals surface area (Å²) in [5.41, 5.74) is -0.137. The van der Waals surface area contributed by atoms with Gasteiger partial charge in [-0.05, 0) is 93.4 Å². The van der Waals surface area contributed by atoms with E-state index in [1.165, 1.54) is 12.1 Å². The van der Waals surface area contributed by atoms with Crippen LogP contribution in [-0.2, 0) is 17.4 Å². The monoisotopic (exact) mass is 531 g/mol. The molecule has 1 saturated carbocycles. The Bertz CT molecular complexity index is 1080. The number of carbonyl (C=O) groups is 1. The van der Waals surface area contributed by atoms with E-state index in [4.69, 9.17) is 9.84 Å². The number of halogens is 6. The highest BCUT2D eigenvalue weighted by Gasteiger charge is 2.42. The molecule has 2 fully saturated rings. The molecule has 0 atom stereocenters. The van der Waals surface area contributed by atoms with Crippen molar-refractivity contribution < 1.29 is 41.0 Å². The number of hydrogen-bond acceptors (Lipinski definition) is 3. The Hall–Kier alpha value is -2.49. The van der Waals surface area contributed by atoms with Crippen LogP contribution in [0.3, 0.4) is 0 Å². The number of benzene rings is 2. The number of carboxylic acid groups (broad SMARTS) is 1. The average Bonchev–Trinajstić information content (AvgIpc) is 2.83. The fourth-order valence-corrected chi connectivity index (χ4v) is 5.49. The molecule has 1 N–H and O–H groups in total. The van der Waals surface area contributed by atoms with E-state index in [-0.39, 0.29) is 42.7 Å². The van der Waals surface area contributed by atoms with Crippen LogP contribution in [0, 0.1) is 11.8 Å². The van der Waals surface area contributed by atoms with Crippen molar-refractivity contribution >= 4 is 16.7 Å². The third-order valence-electron chi connectivity index (χ3n) is 7.64. The number of fused-ring (bicyclic) bond motifs is 1. The van der Waals surface area contributed by atoms with Gasteiger partial charge in [-0.3, -0.25) is 4.79 Å². The van der Waals surface area contributed by atoms with Gasteiger partial charge in [0, 0.05) is 0 Å².